The SMILES string of the molecule is C[C@@H](O)c1nc2cnc3c(cnn3S(=O)(=O)c3ccccc3)c2n1[C@@H]1CNCC1F. The normalized spacial score (nSPS) is 20.9. The maximum atomic E-state index is 14.6. The van der Waals surface area contributed by atoms with Gasteiger partial charge >= 0.3 is 0 Å². The highest BCUT2D eigenvalue weighted by Crippen LogP contribution is 2.33. The Morgan fingerprint density at radius 3 is 2.67 bits per heavy atom. The van der Waals surface area contributed by atoms with Gasteiger partial charge in [-0.3, -0.25) is 0 Å². The van der Waals surface area contributed by atoms with Gasteiger partial charge in [-0.2, -0.15) is 13.5 Å². The lowest BCUT2D eigenvalue weighted by molar-refractivity contribution is 0.176. The van der Waals surface area contributed by atoms with Crippen molar-refractivity contribution in [2.45, 2.75) is 30.1 Å². The third-order valence-corrected chi connectivity index (χ3v) is 6.92. The third-order valence-electron chi connectivity index (χ3n) is 5.33. The number of hydrogen-bond donors (Lipinski definition) is 2. The smallest absolute Gasteiger partial charge is 0.284 e. The average molecular weight is 430 g/mol. The lowest BCUT2D eigenvalue weighted by atomic mass is 10.2. The van der Waals surface area contributed by atoms with Gasteiger partial charge in [0.1, 0.15) is 23.6 Å². The van der Waals surface area contributed by atoms with Gasteiger partial charge < -0.3 is 15.0 Å². The van der Waals surface area contributed by atoms with E-state index < -0.39 is 28.3 Å². The van der Waals surface area contributed by atoms with Gasteiger partial charge in [0.15, 0.2) is 5.65 Å². The molecule has 4 aromatic rings. The number of imidazole rings is 1. The van der Waals surface area contributed by atoms with Crippen molar-refractivity contribution in [3.63, 3.8) is 0 Å². The van der Waals surface area contributed by atoms with Crippen LogP contribution in [0.4, 0.5) is 4.39 Å². The fourth-order valence-electron chi connectivity index (χ4n) is 3.94. The number of pyridine rings is 1. The number of halogens is 1. The zero-order valence-corrected chi connectivity index (χ0v) is 16.8. The predicted molar refractivity (Wildman–Crippen MR) is 107 cm³/mol. The summed E-state index contributed by atoms with van der Waals surface area (Å²) in [5.74, 6) is 0.300. The van der Waals surface area contributed by atoms with E-state index in [1.54, 1.807) is 29.7 Å². The molecule has 11 heteroatoms. The second kappa shape index (κ2) is 6.83. The minimum absolute atomic E-state index is 0.0823. The van der Waals surface area contributed by atoms with E-state index in [4.69, 9.17) is 0 Å². The van der Waals surface area contributed by atoms with Gasteiger partial charge in [-0.15, -0.1) is 4.09 Å². The second-order valence-corrected chi connectivity index (χ2v) is 9.06. The number of nitrogens with zero attached hydrogens (tertiary/aromatic N) is 5. The maximum Gasteiger partial charge on any atom is 0.284 e. The zero-order valence-electron chi connectivity index (χ0n) is 16.0. The van der Waals surface area contributed by atoms with Crippen LogP contribution in [0.3, 0.4) is 0 Å². The largest absolute Gasteiger partial charge is 0.385 e. The third kappa shape index (κ3) is 2.73. The first-order chi connectivity index (χ1) is 14.4. The molecule has 0 amide bonds. The standard InChI is InChI=1S/C19H19FN6O3S/c1-11(27)18-24-15-9-22-19-13(17(15)25(18)16-10-21-8-14(16)20)7-23-26(19)30(28,29)12-5-3-2-4-6-12/h2-7,9,11,14,16,21,27H,8,10H2,1H3/t11-,14?,16-/m1/s1. The van der Waals surface area contributed by atoms with Crippen LogP contribution in [0.25, 0.3) is 22.1 Å². The number of alkyl halides is 1. The molecule has 30 heavy (non-hydrogen) atoms. The first kappa shape index (κ1) is 19.1. The first-order valence-electron chi connectivity index (χ1n) is 9.47. The number of hydrogen-bond acceptors (Lipinski definition) is 7. The minimum atomic E-state index is -3.97. The van der Waals surface area contributed by atoms with Crippen molar-refractivity contribution >= 4 is 32.1 Å². The number of rotatable bonds is 4. The van der Waals surface area contributed by atoms with Crippen molar-refractivity contribution in [3.8, 4) is 0 Å². The minimum Gasteiger partial charge on any atom is -0.385 e. The lowest BCUT2D eigenvalue weighted by Gasteiger charge is -2.19. The van der Waals surface area contributed by atoms with Crippen LogP contribution >= 0.6 is 0 Å². The molecule has 1 fully saturated rings. The topological polar surface area (TPSA) is 115 Å². The summed E-state index contributed by atoms with van der Waals surface area (Å²) in [4.78, 5) is 8.80. The first-order valence-corrected chi connectivity index (χ1v) is 10.9. The molecule has 0 saturated carbocycles. The van der Waals surface area contributed by atoms with E-state index in [1.807, 2.05) is 0 Å². The van der Waals surface area contributed by atoms with Gasteiger partial charge in [0.25, 0.3) is 10.0 Å². The van der Waals surface area contributed by atoms with Gasteiger partial charge in [0.05, 0.1) is 34.2 Å². The van der Waals surface area contributed by atoms with Crippen LogP contribution in [0, 0.1) is 0 Å². The number of aliphatic hydroxyl groups is 1. The molecule has 0 aliphatic carbocycles. The quantitative estimate of drug-likeness (QED) is 0.505. The molecule has 1 unspecified atom stereocenters. The Hall–Kier alpha value is -2.89. The summed E-state index contributed by atoms with van der Waals surface area (Å²) in [6, 6.07) is 7.36. The Morgan fingerprint density at radius 1 is 1.23 bits per heavy atom. The number of aromatic nitrogens is 5. The molecule has 0 radical (unpaired) electrons. The van der Waals surface area contributed by atoms with E-state index in [0.29, 0.717) is 28.8 Å². The molecule has 5 rings (SSSR count). The summed E-state index contributed by atoms with van der Waals surface area (Å²) in [6.45, 7) is 2.12. The molecule has 1 aliphatic heterocycles. The van der Waals surface area contributed by atoms with Crippen molar-refractivity contribution in [2.75, 3.05) is 13.1 Å². The molecule has 0 bridgehead atoms. The van der Waals surface area contributed by atoms with Crippen LogP contribution < -0.4 is 5.32 Å². The van der Waals surface area contributed by atoms with Gasteiger partial charge in [0.2, 0.25) is 0 Å². The van der Waals surface area contributed by atoms with Gasteiger partial charge in [-0.25, -0.2) is 14.4 Å². The number of nitrogens with one attached hydrogen (secondary N) is 1. The van der Waals surface area contributed by atoms with Crippen LogP contribution in [0.5, 0.6) is 0 Å². The molecule has 1 saturated heterocycles. The highest BCUT2D eigenvalue weighted by Gasteiger charge is 2.34. The van der Waals surface area contributed by atoms with Gasteiger partial charge in [-0.05, 0) is 19.1 Å². The molecular formula is C19H19FN6O3S. The van der Waals surface area contributed by atoms with E-state index in [1.165, 1.54) is 24.5 Å². The summed E-state index contributed by atoms with van der Waals surface area (Å²) in [6.07, 6.45) is 0.702. The van der Waals surface area contributed by atoms with Crippen LogP contribution in [-0.4, -0.2) is 56.5 Å². The van der Waals surface area contributed by atoms with E-state index in [9.17, 15) is 17.9 Å². The molecule has 4 heterocycles. The predicted octanol–water partition coefficient (Wildman–Crippen LogP) is 1.55. The Balaban J connectivity index is 1.79. The van der Waals surface area contributed by atoms with Gasteiger partial charge in [0, 0.05) is 13.1 Å². The summed E-state index contributed by atoms with van der Waals surface area (Å²) in [5.41, 5.74) is 1.06. The van der Waals surface area contributed by atoms with Crippen molar-refractivity contribution in [3.05, 3.63) is 48.5 Å². The Kier molecular flexibility index (Phi) is 4.34. The molecule has 9 nitrogen and oxygen atoms in total. The molecule has 3 atom stereocenters. The number of aliphatic hydroxyl groups excluding tert-OH is 1. The molecule has 2 N–H and O–H groups in total. The number of fused-ring (bicyclic) bond motifs is 3. The molecule has 156 valence electrons. The summed E-state index contributed by atoms with van der Waals surface area (Å²) < 4.78 is 43.3. The second-order valence-electron chi connectivity index (χ2n) is 7.29. The summed E-state index contributed by atoms with van der Waals surface area (Å²) in [5, 5.41) is 17.8. The maximum absolute atomic E-state index is 14.6. The van der Waals surface area contributed by atoms with E-state index >= 15 is 0 Å². The van der Waals surface area contributed by atoms with Crippen LogP contribution in [0.15, 0.2) is 47.6 Å². The zero-order chi connectivity index (χ0) is 21.0. The summed E-state index contributed by atoms with van der Waals surface area (Å²) >= 11 is 0. The molecule has 0 spiro atoms. The molecule has 3 aromatic heterocycles. The van der Waals surface area contributed by atoms with E-state index in [-0.39, 0.29) is 17.1 Å². The van der Waals surface area contributed by atoms with Crippen molar-refractivity contribution in [2.24, 2.45) is 0 Å². The monoisotopic (exact) mass is 430 g/mol. The van der Waals surface area contributed by atoms with Crippen LogP contribution in [0.2, 0.25) is 0 Å². The fourth-order valence-corrected chi connectivity index (χ4v) is 5.19. The van der Waals surface area contributed by atoms with Crippen molar-refractivity contribution in [1.82, 2.24) is 29.0 Å². The van der Waals surface area contributed by atoms with Crippen molar-refractivity contribution < 1.29 is 17.9 Å². The Labute approximate surface area is 171 Å². The fraction of sp³-hybridized carbons (Fsp3) is 0.316. The Morgan fingerprint density at radius 2 is 2.00 bits per heavy atom. The highest BCUT2D eigenvalue weighted by atomic mass is 32.2. The van der Waals surface area contributed by atoms with Crippen molar-refractivity contribution in [1.29, 1.82) is 0 Å². The van der Waals surface area contributed by atoms with Crippen LogP contribution in [-0.2, 0) is 10.0 Å². The lowest BCUT2D eigenvalue weighted by Crippen LogP contribution is -2.22. The van der Waals surface area contributed by atoms with E-state index in [0.717, 1.165) is 4.09 Å². The van der Waals surface area contributed by atoms with Gasteiger partial charge in [-0.1, -0.05) is 18.2 Å². The molecule has 1 aliphatic rings. The van der Waals surface area contributed by atoms with E-state index in [2.05, 4.69) is 20.4 Å². The molecule has 1 aromatic carbocycles. The van der Waals surface area contributed by atoms with Crippen LogP contribution in [0.1, 0.15) is 24.9 Å². The highest BCUT2D eigenvalue weighted by molar-refractivity contribution is 7.90. The molecular weight excluding hydrogens is 411 g/mol. The Bertz CT molecular complexity index is 1350. The average Bonchev–Trinajstić information content (AvgIpc) is 3.43. The number of benzene rings is 1. The summed E-state index contributed by atoms with van der Waals surface area (Å²) in [7, 11) is -3.97.